The van der Waals surface area contributed by atoms with Crippen LogP contribution in [-0.2, 0) is 23.6 Å². The van der Waals surface area contributed by atoms with Crippen molar-refractivity contribution in [1.82, 2.24) is 14.8 Å². The van der Waals surface area contributed by atoms with Crippen LogP contribution in [0.2, 0.25) is 10.0 Å². The maximum atomic E-state index is 10.8. The van der Waals surface area contributed by atoms with Crippen molar-refractivity contribution in [1.29, 1.82) is 0 Å². The van der Waals surface area contributed by atoms with Gasteiger partial charge in [-0.1, -0.05) is 35.3 Å². The Bertz CT molecular complexity index is 750. The summed E-state index contributed by atoms with van der Waals surface area (Å²) in [7, 11) is 0. The van der Waals surface area contributed by atoms with Gasteiger partial charge in [-0.05, 0) is 75.5 Å². The summed E-state index contributed by atoms with van der Waals surface area (Å²) < 4.78 is 1.65. The molecule has 0 aliphatic heterocycles. The van der Waals surface area contributed by atoms with Crippen molar-refractivity contribution in [3.05, 3.63) is 122 Å². The second-order valence-electron chi connectivity index (χ2n) is 6.06. The molecule has 10 radical (unpaired) electrons. The summed E-state index contributed by atoms with van der Waals surface area (Å²) >= 11 is 12.2. The van der Waals surface area contributed by atoms with Crippen LogP contribution in [0.25, 0.3) is 0 Å². The van der Waals surface area contributed by atoms with Crippen LogP contribution in [0.3, 0.4) is 0 Å². The molecule has 0 amide bonds. The van der Waals surface area contributed by atoms with Crippen molar-refractivity contribution in [2.75, 3.05) is 0 Å². The standard InChI is InChI=1S/C17H14Cl2N3O.C5H5.Fe/c18-14-5-6-15(16(19)8-14)17(23)13(7-12-3-1-2-4-12)9-22-11-20-10-21-22;1-2-4-5-3-1;/h1-8,10-11,17,23H,9H2;1-5H;/q;;+2/b13-7+;;. The number of aliphatic hydroxyl groups is 1. The molecule has 0 spiro atoms. The van der Waals surface area contributed by atoms with Gasteiger partial charge in [0.1, 0.15) is 18.8 Å². The number of aromatic nitrogens is 3. The van der Waals surface area contributed by atoms with Crippen LogP contribution in [0.15, 0.2) is 42.5 Å². The van der Waals surface area contributed by atoms with Gasteiger partial charge in [0.2, 0.25) is 0 Å². The third kappa shape index (κ3) is 7.73. The predicted molar refractivity (Wildman–Crippen MR) is 111 cm³/mol. The number of hydrogen-bond acceptors (Lipinski definition) is 3. The second-order valence-corrected chi connectivity index (χ2v) is 6.90. The molecule has 1 N–H and O–H groups in total. The number of aliphatic hydroxyl groups excluding tert-OH is 1. The molecule has 2 fully saturated rings. The Balaban J connectivity index is 0.000000437. The smallest absolute Gasteiger partial charge is 0.384 e. The maximum Gasteiger partial charge on any atom is 2.00 e. The summed E-state index contributed by atoms with van der Waals surface area (Å²) in [6, 6.07) is 5.06. The van der Waals surface area contributed by atoms with Gasteiger partial charge in [-0.3, -0.25) is 0 Å². The molecule has 2 aromatic rings. The zero-order valence-corrected chi connectivity index (χ0v) is 18.0. The fourth-order valence-corrected chi connectivity index (χ4v) is 3.17. The quantitative estimate of drug-likeness (QED) is 0.650. The monoisotopic (exact) mass is 467 g/mol. The Kier molecular flexibility index (Phi) is 10.8. The van der Waals surface area contributed by atoms with Gasteiger partial charge in [-0.25, -0.2) is 9.67 Å². The number of rotatable bonds is 5. The molecule has 4 nitrogen and oxygen atoms in total. The van der Waals surface area contributed by atoms with E-state index >= 15 is 0 Å². The van der Waals surface area contributed by atoms with Crippen LogP contribution in [0, 0.1) is 63.7 Å². The SMILES string of the molecule is OC(/C(=C/[C]1[CH][CH][CH][CH]1)Cn1cncn1)c1ccc(Cl)cc1Cl.[CH]1[CH][CH][CH][CH]1.[Fe+2]. The zero-order chi connectivity index (χ0) is 19.8. The molecule has 29 heavy (non-hydrogen) atoms. The molecule has 7 heteroatoms. The normalized spacial score (nSPS) is 18.1. The van der Waals surface area contributed by atoms with E-state index in [-0.39, 0.29) is 17.1 Å². The molecule has 2 saturated carbocycles. The molecule has 2 aliphatic carbocycles. The summed E-state index contributed by atoms with van der Waals surface area (Å²) in [5.74, 6) is 1.00. The summed E-state index contributed by atoms with van der Waals surface area (Å²) in [4.78, 5) is 3.93. The van der Waals surface area contributed by atoms with Crippen molar-refractivity contribution >= 4 is 23.2 Å². The van der Waals surface area contributed by atoms with Crippen molar-refractivity contribution in [3.8, 4) is 0 Å². The van der Waals surface area contributed by atoms with Crippen LogP contribution < -0.4 is 0 Å². The number of allylic oxidation sites excluding steroid dienone is 1. The van der Waals surface area contributed by atoms with Crippen molar-refractivity contribution < 1.29 is 22.2 Å². The first-order valence-corrected chi connectivity index (χ1v) is 9.43. The number of halogens is 2. The van der Waals surface area contributed by atoms with E-state index in [1.165, 1.54) is 6.33 Å². The zero-order valence-electron chi connectivity index (χ0n) is 15.3. The Morgan fingerprint density at radius 3 is 2.24 bits per heavy atom. The van der Waals surface area contributed by atoms with Gasteiger partial charge in [0.25, 0.3) is 0 Å². The fraction of sp³-hybridized carbons (Fsp3) is 0.0909. The average Bonchev–Trinajstić information content (AvgIpc) is 3.45. The van der Waals surface area contributed by atoms with E-state index in [2.05, 4.69) is 10.1 Å². The van der Waals surface area contributed by atoms with Gasteiger partial charge >= 0.3 is 17.1 Å². The fourth-order valence-electron chi connectivity index (χ4n) is 2.66. The molecule has 2 aliphatic rings. The Morgan fingerprint density at radius 2 is 1.69 bits per heavy atom. The van der Waals surface area contributed by atoms with Crippen LogP contribution in [0.4, 0.5) is 0 Å². The predicted octanol–water partition coefficient (Wildman–Crippen LogP) is 4.67. The Labute approximate surface area is 194 Å². The number of benzene rings is 1. The van der Waals surface area contributed by atoms with Gasteiger partial charge < -0.3 is 5.11 Å². The first kappa shape index (κ1) is 24.4. The minimum atomic E-state index is -0.862. The third-order valence-electron chi connectivity index (χ3n) is 4.02. The molecule has 1 heterocycles. The Hall–Kier alpha value is -0.841. The molecule has 148 valence electrons. The largest absolute Gasteiger partial charge is 2.00 e. The van der Waals surface area contributed by atoms with Crippen LogP contribution in [0.1, 0.15) is 11.7 Å². The molecule has 1 aromatic heterocycles. The first-order valence-electron chi connectivity index (χ1n) is 8.68. The first-order chi connectivity index (χ1) is 13.6. The van der Waals surface area contributed by atoms with Gasteiger partial charge in [0.15, 0.2) is 0 Å². The molecule has 0 saturated heterocycles. The molecule has 0 bridgehead atoms. The van der Waals surface area contributed by atoms with E-state index in [1.54, 1.807) is 29.2 Å². The molecule has 1 aromatic carbocycles. The molecule has 1 atom stereocenters. The van der Waals surface area contributed by atoms with E-state index in [4.69, 9.17) is 23.2 Å². The van der Waals surface area contributed by atoms with E-state index in [1.807, 2.05) is 63.9 Å². The van der Waals surface area contributed by atoms with Crippen LogP contribution in [-0.4, -0.2) is 19.9 Å². The molecular formula is C22H19Cl2FeN3O+2. The van der Waals surface area contributed by atoms with Crippen LogP contribution >= 0.6 is 23.2 Å². The molecule has 1 unspecified atom stereocenters. The summed E-state index contributed by atoms with van der Waals surface area (Å²) in [6.45, 7) is 0.408. The van der Waals surface area contributed by atoms with E-state index in [9.17, 15) is 5.11 Å². The van der Waals surface area contributed by atoms with Crippen molar-refractivity contribution in [2.24, 2.45) is 0 Å². The maximum absolute atomic E-state index is 10.8. The third-order valence-corrected chi connectivity index (χ3v) is 4.58. The van der Waals surface area contributed by atoms with E-state index in [0.717, 1.165) is 11.5 Å². The van der Waals surface area contributed by atoms with Crippen molar-refractivity contribution in [3.63, 3.8) is 0 Å². The topological polar surface area (TPSA) is 50.9 Å². The van der Waals surface area contributed by atoms with Gasteiger partial charge in [-0.2, -0.15) is 5.10 Å². The second kappa shape index (κ2) is 12.8. The molecule has 4 rings (SSSR count). The minimum absolute atomic E-state index is 0. The summed E-state index contributed by atoms with van der Waals surface area (Å²) in [5, 5.41) is 15.8. The minimum Gasteiger partial charge on any atom is -0.384 e. The molecular weight excluding hydrogens is 449 g/mol. The number of nitrogens with zero attached hydrogens (tertiary/aromatic N) is 3. The van der Waals surface area contributed by atoms with Gasteiger partial charge in [0.05, 0.1) is 6.54 Å². The van der Waals surface area contributed by atoms with Crippen LogP contribution in [0.5, 0.6) is 0 Å². The van der Waals surface area contributed by atoms with Gasteiger partial charge in [-0.15, -0.1) is 0 Å². The van der Waals surface area contributed by atoms with E-state index in [0.29, 0.717) is 22.2 Å². The summed E-state index contributed by atoms with van der Waals surface area (Å²) in [6.07, 6.45) is 22.0. The van der Waals surface area contributed by atoms with Gasteiger partial charge in [0, 0.05) is 21.5 Å². The van der Waals surface area contributed by atoms with E-state index < -0.39 is 6.10 Å². The summed E-state index contributed by atoms with van der Waals surface area (Å²) in [5.41, 5.74) is 1.36. The average molecular weight is 468 g/mol. The Morgan fingerprint density at radius 1 is 1.03 bits per heavy atom. The van der Waals surface area contributed by atoms with Crippen molar-refractivity contribution in [2.45, 2.75) is 12.6 Å². The number of hydrogen-bond donors (Lipinski definition) is 1.